The predicted molar refractivity (Wildman–Crippen MR) is 134 cm³/mol. The Hall–Kier alpha value is -1.24. The van der Waals surface area contributed by atoms with E-state index in [1.54, 1.807) is 0 Å². The third kappa shape index (κ3) is 6.63. The Labute approximate surface area is 190 Å². The summed E-state index contributed by atoms with van der Waals surface area (Å²) in [6.45, 7) is 14.1. The number of halogens is 1. The highest BCUT2D eigenvalue weighted by atomic mass is 35.5. The van der Waals surface area contributed by atoms with E-state index in [0.29, 0.717) is 23.0 Å². The van der Waals surface area contributed by atoms with E-state index in [2.05, 4.69) is 64.2 Å². The normalized spacial score (nSPS) is 15.9. The van der Waals surface area contributed by atoms with Crippen LogP contribution in [0.5, 0.6) is 0 Å². The van der Waals surface area contributed by atoms with Gasteiger partial charge in [0.05, 0.1) is 5.71 Å². The van der Waals surface area contributed by atoms with Gasteiger partial charge in [0.2, 0.25) is 0 Å². The fourth-order valence-corrected chi connectivity index (χ4v) is 10.5. The first-order valence-corrected chi connectivity index (χ1v) is 14.3. The topological polar surface area (TPSA) is 21.6 Å². The Bertz CT molecular complexity index is 730. The van der Waals surface area contributed by atoms with E-state index in [1.807, 2.05) is 18.2 Å². The van der Waals surface area contributed by atoms with Crippen molar-refractivity contribution < 1.29 is 4.84 Å². The Morgan fingerprint density at radius 3 is 2.13 bits per heavy atom. The van der Waals surface area contributed by atoms with Gasteiger partial charge in [0, 0.05) is 17.9 Å². The Balaban J connectivity index is 2.22. The van der Waals surface area contributed by atoms with Gasteiger partial charge in [-0.25, -0.2) is 0 Å². The molecule has 1 atom stereocenters. The van der Waals surface area contributed by atoms with Crippen molar-refractivity contribution in [3.8, 4) is 11.5 Å². The molecule has 1 fully saturated rings. The summed E-state index contributed by atoms with van der Waals surface area (Å²) in [5.41, 5.74) is 8.04. The third-order valence-electron chi connectivity index (χ3n) is 6.67. The molecule has 1 unspecified atom stereocenters. The highest BCUT2D eigenvalue weighted by Crippen LogP contribution is 2.40. The summed E-state index contributed by atoms with van der Waals surface area (Å²) in [6.07, 6.45) is 7.26. The maximum atomic E-state index is 6.43. The van der Waals surface area contributed by atoms with Crippen LogP contribution in [0, 0.1) is 11.5 Å². The van der Waals surface area contributed by atoms with Crippen LogP contribution in [0.25, 0.3) is 0 Å². The van der Waals surface area contributed by atoms with Gasteiger partial charge < -0.3 is 4.84 Å². The van der Waals surface area contributed by atoms with Gasteiger partial charge in [-0.3, -0.25) is 0 Å². The molecular weight excluding hydrogens is 406 g/mol. The van der Waals surface area contributed by atoms with Crippen molar-refractivity contribution in [3.63, 3.8) is 0 Å². The van der Waals surface area contributed by atoms with Crippen LogP contribution in [-0.4, -0.2) is 19.9 Å². The van der Waals surface area contributed by atoms with Crippen molar-refractivity contribution in [1.29, 1.82) is 0 Å². The van der Waals surface area contributed by atoms with E-state index in [4.69, 9.17) is 16.4 Å². The summed E-state index contributed by atoms with van der Waals surface area (Å²) in [5, 5.41) is 5.34. The molecule has 166 valence electrons. The molecule has 0 N–H and O–H groups in total. The molecule has 30 heavy (non-hydrogen) atoms. The lowest BCUT2D eigenvalue weighted by Gasteiger charge is -2.38. The van der Waals surface area contributed by atoms with Crippen LogP contribution in [0.1, 0.15) is 85.6 Å². The van der Waals surface area contributed by atoms with Crippen molar-refractivity contribution in [2.45, 2.75) is 109 Å². The molecule has 2 nitrogen and oxygen atoms in total. The van der Waals surface area contributed by atoms with Crippen LogP contribution in [0.2, 0.25) is 21.6 Å². The van der Waals surface area contributed by atoms with Crippen molar-refractivity contribution in [3.05, 3.63) is 34.9 Å². The second-order valence-corrected chi connectivity index (χ2v) is 15.6. The number of nitrogens with zero attached hydrogens (tertiary/aromatic N) is 1. The van der Waals surface area contributed by atoms with Gasteiger partial charge in [-0.05, 0) is 53.9 Å². The zero-order valence-corrected chi connectivity index (χ0v) is 21.6. The highest BCUT2D eigenvalue weighted by Gasteiger charge is 2.41. The lowest BCUT2D eigenvalue weighted by Crippen LogP contribution is -2.43. The first-order valence-electron chi connectivity index (χ1n) is 11.7. The first-order chi connectivity index (χ1) is 14.3. The Kier molecular flexibility index (Phi) is 9.98. The zero-order valence-electron chi connectivity index (χ0n) is 19.8. The van der Waals surface area contributed by atoms with E-state index in [1.165, 1.54) is 25.0 Å². The summed E-state index contributed by atoms with van der Waals surface area (Å²) in [4.78, 5) is 6.08. The minimum Gasteiger partial charge on any atom is -0.391 e. The molecule has 1 saturated carbocycles. The standard InChI is InChI=1S/C26H40ClNOSi/c1-20(2)30(21(3)4,22(5)6)18-12-16-25(19-23-13-10-11-17-26(23)27)29-28-24-14-8-7-9-15-24/h10-11,13,17,20-22,25H,7-9,14-16,19H2,1-6H3. The maximum absolute atomic E-state index is 6.43. The molecule has 0 radical (unpaired) electrons. The molecule has 0 bridgehead atoms. The quantitative estimate of drug-likeness (QED) is 0.224. The molecule has 1 aliphatic rings. The molecular formula is C26H40ClNOSi. The molecule has 0 amide bonds. The van der Waals surface area contributed by atoms with Crippen molar-refractivity contribution in [1.82, 2.24) is 0 Å². The minimum atomic E-state index is -1.73. The van der Waals surface area contributed by atoms with E-state index in [9.17, 15) is 0 Å². The molecule has 0 spiro atoms. The molecule has 0 heterocycles. The fourth-order valence-electron chi connectivity index (χ4n) is 5.01. The molecule has 1 aliphatic carbocycles. The number of benzene rings is 1. The summed E-state index contributed by atoms with van der Waals surface area (Å²) < 4.78 is 0. The molecule has 0 aromatic heterocycles. The lowest BCUT2D eigenvalue weighted by atomic mass is 9.99. The fraction of sp³-hybridized carbons (Fsp3) is 0.654. The summed E-state index contributed by atoms with van der Waals surface area (Å²) in [7, 11) is -1.73. The monoisotopic (exact) mass is 445 g/mol. The van der Waals surface area contributed by atoms with Gasteiger partial charge >= 0.3 is 0 Å². The zero-order chi connectivity index (χ0) is 22.1. The maximum Gasteiger partial charge on any atom is 0.145 e. The van der Waals surface area contributed by atoms with Crippen LogP contribution in [-0.2, 0) is 11.3 Å². The van der Waals surface area contributed by atoms with E-state index >= 15 is 0 Å². The summed E-state index contributed by atoms with van der Waals surface area (Å²) in [5.74, 6) is 3.57. The van der Waals surface area contributed by atoms with Gasteiger partial charge in [-0.2, -0.15) is 0 Å². The average Bonchev–Trinajstić information content (AvgIpc) is 2.70. The number of oxime groups is 1. The Morgan fingerprint density at radius 1 is 0.967 bits per heavy atom. The lowest BCUT2D eigenvalue weighted by molar-refractivity contribution is 0.0617. The molecule has 1 aromatic rings. The third-order valence-corrected chi connectivity index (χ3v) is 13.4. The minimum absolute atomic E-state index is 0.0648. The van der Waals surface area contributed by atoms with Crippen LogP contribution in [0.15, 0.2) is 29.4 Å². The van der Waals surface area contributed by atoms with E-state index in [-0.39, 0.29) is 6.10 Å². The molecule has 4 heteroatoms. The largest absolute Gasteiger partial charge is 0.391 e. The second kappa shape index (κ2) is 12.0. The van der Waals surface area contributed by atoms with Gasteiger partial charge in [-0.1, -0.05) is 82.9 Å². The predicted octanol–water partition coefficient (Wildman–Crippen LogP) is 8.20. The summed E-state index contributed by atoms with van der Waals surface area (Å²) >= 11 is 6.43. The summed E-state index contributed by atoms with van der Waals surface area (Å²) in [6, 6.07) is 8.03. The average molecular weight is 446 g/mol. The van der Waals surface area contributed by atoms with Gasteiger partial charge in [-0.15, -0.1) is 11.5 Å². The van der Waals surface area contributed by atoms with Gasteiger partial charge in [0.1, 0.15) is 14.2 Å². The SMILES string of the molecule is CC(C)[Si](C#CCC(Cc1ccccc1Cl)ON=C1CCCCC1)(C(C)C)C(C)C. The number of hydrogen-bond donors (Lipinski definition) is 0. The number of hydrogen-bond acceptors (Lipinski definition) is 2. The molecule has 0 aliphatic heterocycles. The van der Waals surface area contributed by atoms with E-state index < -0.39 is 8.07 Å². The van der Waals surface area contributed by atoms with Crippen LogP contribution in [0.3, 0.4) is 0 Å². The number of rotatable bonds is 8. The van der Waals surface area contributed by atoms with Crippen LogP contribution in [0.4, 0.5) is 0 Å². The van der Waals surface area contributed by atoms with Crippen molar-refractivity contribution in [2.24, 2.45) is 5.16 Å². The Morgan fingerprint density at radius 2 is 1.57 bits per heavy atom. The van der Waals surface area contributed by atoms with Gasteiger partial charge in [0.25, 0.3) is 0 Å². The van der Waals surface area contributed by atoms with E-state index in [0.717, 1.165) is 29.8 Å². The molecule has 0 saturated heterocycles. The molecule has 1 aromatic carbocycles. The molecule has 2 rings (SSSR count). The van der Waals surface area contributed by atoms with Crippen LogP contribution < -0.4 is 0 Å². The highest BCUT2D eigenvalue weighted by molar-refractivity contribution is 6.90. The van der Waals surface area contributed by atoms with Crippen molar-refractivity contribution >= 4 is 25.4 Å². The first kappa shape index (κ1) is 25.0. The second-order valence-electron chi connectivity index (χ2n) is 9.64. The van der Waals surface area contributed by atoms with Crippen LogP contribution >= 0.6 is 11.6 Å². The van der Waals surface area contributed by atoms with Crippen molar-refractivity contribution in [2.75, 3.05) is 0 Å². The van der Waals surface area contributed by atoms with Gasteiger partial charge in [0.15, 0.2) is 0 Å². The smallest absolute Gasteiger partial charge is 0.145 e.